The van der Waals surface area contributed by atoms with Crippen molar-refractivity contribution in [3.8, 4) is 0 Å². The minimum Gasteiger partial charge on any atom is -0.258 e. The van der Waals surface area contributed by atoms with E-state index in [2.05, 4.69) is 4.98 Å². The van der Waals surface area contributed by atoms with Gasteiger partial charge >= 0.3 is 5.69 Å². The van der Waals surface area contributed by atoms with E-state index in [1.165, 1.54) is 17.8 Å². The van der Waals surface area contributed by atoms with Gasteiger partial charge in [-0.25, -0.2) is 4.98 Å². The Morgan fingerprint density at radius 3 is 2.65 bits per heavy atom. The lowest BCUT2D eigenvalue weighted by atomic mass is 10.3. The Morgan fingerprint density at radius 1 is 1.29 bits per heavy atom. The fourth-order valence-corrected chi connectivity index (χ4v) is 2.21. The maximum Gasteiger partial charge on any atom is 0.301 e. The molecule has 2 aromatic rings. The van der Waals surface area contributed by atoms with Crippen molar-refractivity contribution in [2.24, 2.45) is 0 Å². The number of nitro groups is 1. The Labute approximate surface area is 103 Å². The highest BCUT2D eigenvalue weighted by Crippen LogP contribution is 2.32. The summed E-state index contributed by atoms with van der Waals surface area (Å²) in [4.78, 5) is 15.6. The van der Waals surface area contributed by atoms with Crippen LogP contribution in [0.1, 0.15) is 5.56 Å². The average Bonchev–Trinajstić information content (AvgIpc) is 2.32. The van der Waals surface area contributed by atoms with Gasteiger partial charge < -0.3 is 0 Å². The summed E-state index contributed by atoms with van der Waals surface area (Å²) in [6.45, 7) is 1.79. The average molecular weight is 246 g/mol. The van der Waals surface area contributed by atoms with Gasteiger partial charge in [0.25, 0.3) is 0 Å². The molecule has 0 aliphatic carbocycles. The Hall–Kier alpha value is -1.88. The van der Waals surface area contributed by atoms with Gasteiger partial charge in [-0.2, -0.15) is 0 Å². The van der Waals surface area contributed by atoms with E-state index in [9.17, 15) is 10.1 Å². The van der Waals surface area contributed by atoms with Crippen LogP contribution < -0.4 is 0 Å². The Kier molecular flexibility index (Phi) is 3.39. The van der Waals surface area contributed by atoms with Crippen LogP contribution in [0.2, 0.25) is 0 Å². The van der Waals surface area contributed by atoms with Crippen LogP contribution in [0.3, 0.4) is 0 Å². The van der Waals surface area contributed by atoms with Gasteiger partial charge in [0.15, 0.2) is 5.03 Å². The largest absolute Gasteiger partial charge is 0.301 e. The van der Waals surface area contributed by atoms with Crippen molar-refractivity contribution >= 4 is 17.4 Å². The first-order valence-corrected chi connectivity index (χ1v) is 5.82. The molecular weight excluding hydrogens is 236 g/mol. The minimum atomic E-state index is -0.398. The molecule has 0 unspecified atom stereocenters. The number of aryl methyl sites for hydroxylation is 1. The summed E-state index contributed by atoms with van der Waals surface area (Å²) in [6, 6.07) is 11.0. The summed E-state index contributed by atoms with van der Waals surface area (Å²) < 4.78 is 0. The molecule has 86 valence electrons. The van der Waals surface area contributed by atoms with Crippen LogP contribution in [0.4, 0.5) is 5.69 Å². The third kappa shape index (κ3) is 2.82. The van der Waals surface area contributed by atoms with Crippen LogP contribution in [-0.2, 0) is 0 Å². The van der Waals surface area contributed by atoms with E-state index < -0.39 is 4.92 Å². The number of nitrogens with zero attached hydrogens (tertiary/aromatic N) is 2. The normalized spacial score (nSPS) is 10.2. The molecule has 1 aromatic carbocycles. The third-order valence-electron chi connectivity index (χ3n) is 2.12. The topological polar surface area (TPSA) is 56.0 Å². The molecule has 4 nitrogen and oxygen atoms in total. The van der Waals surface area contributed by atoms with Crippen molar-refractivity contribution in [2.75, 3.05) is 0 Å². The predicted octanol–water partition coefficient (Wildman–Crippen LogP) is 3.45. The van der Waals surface area contributed by atoms with Gasteiger partial charge in [-0.1, -0.05) is 30.0 Å². The van der Waals surface area contributed by atoms with Crippen molar-refractivity contribution in [3.63, 3.8) is 0 Å². The Balaban J connectivity index is 2.36. The highest BCUT2D eigenvalue weighted by Gasteiger charge is 2.16. The fourth-order valence-electron chi connectivity index (χ4n) is 1.35. The molecule has 1 aromatic heterocycles. The van der Waals surface area contributed by atoms with E-state index in [-0.39, 0.29) is 5.69 Å². The van der Waals surface area contributed by atoms with E-state index in [1.807, 2.05) is 30.3 Å². The lowest BCUT2D eigenvalue weighted by Gasteiger charge is -2.02. The van der Waals surface area contributed by atoms with Crippen LogP contribution in [0.25, 0.3) is 0 Å². The van der Waals surface area contributed by atoms with Gasteiger partial charge in [-0.05, 0) is 24.6 Å². The predicted molar refractivity (Wildman–Crippen MR) is 66.2 cm³/mol. The molecule has 2 rings (SSSR count). The number of rotatable bonds is 3. The molecule has 0 spiro atoms. The maximum atomic E-state index is 10.9. The van der Waals surface area contributed by atoms with Gasteiger partial charge in [0.05, 0.1) is 4.92 Å². The molecule has 5 heteroatoms. The summed E-state index contributed by atoms with van der Waals surface area (Å²) in [7, 11) is 0. The quantitative estimate of drug-likeness (QED) is 0.614. The smallest absolute Gasteiger partial charge is 0.258 e. The van der Waals surface area contributed by atoms with Gasteiger partial charge in [0, 0.05) is 17.2 Å². The lowest BCUT2D eigenvalue weighted by molar-refractivity contribution is -0.388. The molecule has 0 radical (unpaired) electrons. The molecule has 0 aliphatic heterocycles. The van der Waals surface area contributed by atoms with Crippen LogP contribution in [-0.4, -0.2) is 9.91 Å². The number of hydrogen-bond acceptors (Lipinski definition) is 4. The highest BCUT2D eigenvalue weighted by atomic mass is 32.2. The number of aromatic nitrogens is 1. The molecule has 0 saturated carbocycles. The van der Waals surface area contributed by atoms with Crippen LogP contribution in [0.5, 0.6) is 0 Å². The zero-order valence-corrected chi connectivity index (χ0v) is 9.98. The molecule has 1 heterocycles. The summed E-state index contributed by atoms with van der Waals surface area (Å²) in [5.74, 6) is 0. The van der Waals surface area contributed by atoms with Gasteiger partial charge in [-0.15, -0.1) is 0 Å². The van der Waals surface area contributed by atoms with Crippen molar-refractivity contribution in [3.05, 3.63) is 58.3 Å². The molecule has 0 saturated heterocycles. The van der Waals surface area contributed by atoms with E-state index in [0.29, 0.717) is 5.03 Å². The molecule has 0 aliphatic rings. The standard InChI is InChI=1S/C12H10N2O2S/c1-9-7-11(14(15)16)12(13-8-9)17-10-5-3-2-4-6-10/h2-8H,1H3. The third-order valence-corrected chi connectivity index (χ3v) is 3.14. The van der Waals surface area contributed by atoms with E-state index in [0.717, 1.165) is 10.5 Å². The maximum absolute atomic E-state index is 10.9. The second-order valence-corrected chi connectivity index (χ2v) is 4.57. The first-order chi connectivity index (χ1) is 8.16. The summed E-state index contributed by atoms with van der Waals surface area (Å²) >= 11 is 1.30. The summed E-state index contributed by atoms with van der Waals surface area (Å²) in [6.07, 6.45) is 1.64. The molecule has 17 heavy (non-hydrogen) atoms. The molecule has 0 bridgehead atoms. The second-order valence-electron chi connectivity index (χ2n) is 3.51. The van der Waals surface area contributed by atoms with Crippen LogP contribution in [0, 0.1) is 17.0 Å². The van der Waals surface area contributed by atoms with E-state index >= 15 is 0 Å². The minimum absolute atomic E-state index is 0.0545. The number of benzene rings is 1. The Bertz CT molecular complexity index is 543. The van der Waals surface area contributed by atoms with Crippen molar-refractivity contribution in [1.29, 1.82) is 0 Å². The second kappa shape index (κ2) is 4.97. The molecule has 0 amide bonds. The monoisotopic (exact) mass is 246 g/mol. The highest BCUT2D eigenvalue weighted by molar-refractivity contribution is 7.99. The lowest BCUT2D eigenvalue weighted by Crippen LogP contribution is -1.94. The zero-order chi connectivity index (χ0) is 12.3. The number of pyridine rings is 1. The van der Waals surface area contributed by atoms with Crippen LogP contribution >= 0.6 is 11.8 Å². The summed E-state index contributed by atoms with van der Waals surface area (Å²) in [5.41, 5.74) is 0.841. The molecule has 0 N–H and O–H groups in total. The zero-order valence-electron chi connectivity index (χ0n) is 9.16. The first-order valence-electron chi connectivity index (χ1n) is 5.01. The summed E-state index contributed by atoms with van der Waals surface area (Å²) in [5, 5.41) is 11.3. The first kappa shape index (κ1) is 11.6. The Morgan fingerprint density at radius 2 is 2.00 bits per heavy atom. The molecular formula is C12H10N2O2S. The number of hydrogen-bond donors (Lipinski definition) is 0. The van der Waals surface area contributed by atoms with Crippen molar-refractivity contribution in [1.82, 2.24) is 4.98 Å². The van der Waals surface area contributed by atoms with E-state index in [1.54, 1.807) is 13.1 Å². The van der Waals surface area contributed by atoms with Crippen molar-refractivity contribution in [2.45, 2.75) is 16.8 Å². The van der Waals surface area contributed by atoms with Crippen LogP contribution in [0.15, 0.2) is 52.5 Å². The van der Waals surface area contributed by atoms with Gasteiger partial charge in [0.1, 0.15) is 0 Å². The molecule has 0 fully saturated rings. The fraction of sp³-hybridized carbons (Fsp3) is 0.0833. The van der Waals surface area contributed by atoms with Gasteiger partial charge in [0.2, 0.25) is 0 Å². The van der Waals surface area contributed by atoms with Crippen molar-refractivity contribution < 1.29 is 4.92 Å². The molecule has 0 atom stereocenters. The SMILES string of the molecule is Cc1cnc(Sc2ccccc2)c([N+](=O)[O-])c1. The van der Waals surface area contributed by atoms with Gasteiger partial charge in [-0.3, -0.25) is 10.1 Å². The van der Waals surface area contributed by atoms with E-state index in [4.69, 9.17) is 0 Å².